The first-order chi connectivity index (χ1) is 16.1. The van der Waals surface area contributed by atoms with Crippen LogP contribution >= 0.6 is 0 Å². The number of hydrogen-bond donors (Lipinski definition) is 1. The van der Waals surface area contributed by atoms with Crippen molar-refractivity contribution < 1.29 is 22.4 Å². The van der Waals surface area contributed by atoms with Crippen LogP contribution in [0.25, 0.3) is 10.9 Å². The minimum absolute atomic E-state index is 0.170. The molecule has 1 aromatic heterocycles. The van der Waals surface area contributed by atoms with Crippen molar-refractivity contribution in [3.63, 3.8) is 0 Å². The largest absolute Gasteiger partial charge is 0.393 e. The number of anilines is 1. The molecule has 2 aromatic rings. The van der Waals surface area contributed by atoms with Crippen LogP contribution in [0, 0.1) is 36.4 Å². The summed E-state index contributed by atoms with van der Waals surface area (Å²) in [5.41, 5.74) is 1.19. The number of nitrogens with one attached hydrogen (secondary N) is 1. The van der Waals surface area contributed by atoms with Crippen molar-refractivity contribution in [2.24, 2.45) is 23.7 Å². The molecule has 3 heterocycles. The summed E-state index contributed by atoms with van der Waals surface area (Å²) in [6, 6.07) is 4.08. The van der Waals surface area contributed by atoms with Gasteiger partial charge in [-0.3, -0.25) is 9.78 Å². The number of aryl methyl sites for hydroxylation is 1. The van der Waals surface area contributed by atoms with Crippen LogP contribution < -0.4 is 10.2 Å². The number of hydrogen-bond acceptors (Lipinski definition) is 4. The van der Waals surface area contributed by atoms with Gasteiger partial charge in [-0.2, -0.15) is 13.2 Å². The highest BCUT2D eigenvalue weighted by Gasteiger charge is 2.47. The molecule has 3 aliphatic rings. The summed E-state index contributed by atoms with van der Waals surface area (Å²) in [6.07, 6.45) is -1.53. The Morgan fingerprint density at radius 2 is 1.91 bits per heavy atom. The van der Waals surface area contributed by atoms with E-state index in [2.05, 4.69) is 22.2 Å². The van der Waals surface area contributed by atoms with E-state index in [1.807, 2.05) is 0 Å². The topological polar surface area (TPSA) is 48.5 Å². The molecular weight excluding hydrogens is 448 g/mol. The van der Waals surface area contributed by atoms with E-state index >= 15 is 0 Å². The van der Waals surface area contributed by atoms with Crippen LogP contribution in [0.5, 0.6) is 0 Å². The van der Waals surface area contributed by atoms with Gasteiger partial charge in [-0.25, -0.2) is 4.39 Å². The number of pyridine rings is 1. The van der Waals surface area contributed by atoms with E-state index in [-0.39, 0.29) is 25.4 Å². The number of halogens is 4. The van der Waals surface area contributed by atoms with Crippen molar-refractivity contribution in [3.8, 4) is 0 Å². The maximum Gasteiger partial charge on any atom is 0.393 e. The summed E-state index contributed by atoms with van der Waals surface area (Å²) in [5.74, 6) is -0.990. The Labute approximate surface area is 196 Å². The number of rotatable bonds is 4. The molecule has 184 valence electrons. The second kappa shape index (κ2) is 8.66. The number of alkyl halides is 3. The molecule has 34 heavy (non-hydrogen) atoms. The number of piperidine rings is 3. The van der Waals surface area contributed by atoms with Crippen molar-refractivity contribution in [3.05, 3.63) is 35.8 Å². The highest BCUT2D eigenvalue weighted by molar-refractivity contribution is 5.94. The summed E-state index contributed by atoms with van der Waals surface area (Å²) in [6.45, 7) is 3.48. The summed E-state index contributed by atoms with van der Waals surface area (Å²) in [4.78, 5) is 20.9. The zero-order valence-electron chi connectivity index (χ0n) is 19.4. The molecule has 0 radical (unpaired) electrons. The predicted molar refractivity (Wildman–Crippen MR) is 122 cm³/mol. The fraction of sp³-hybridized carbons (Fsp3) is 0.600. The number of carbonyl (C=O) groups is 1. The average Bonchev–Trinajstić information content (AvgIpc) is 2.79. The molecule has 1 saturated carbocycles. The van der Waals surface area contributed by atoms with Crippen molar-refractivity contribution in [2.75, 3.05) is 38.1 Å². The minimum Gasteiger partial charge on any atom is -0.368 e. The van der Waals surface area contributed by atoms with Crippen LogP contribution in [-0.2, 0) is 4.79 Å². The SMILES string of the molecule is Cc1c(F)cc(N2CC(C(F)(F)F)C[C@@H](NC(=O)CC3C4CC3CN(C)C4)C2)c2cccnc12. The molecule has 3 fully saturated rings. The fourth-order valence-corrected chi connectivity index (χ4v) is 6.29. The summed E-state index contributed by atoms with van der Waals surface area (Å²) in [5, 5.41) is 3.50. The smallest absolute Gasteiger partial charge is 0.368 e. The molecule has 4 atom stereocenters. The average molecular weight is 479 g/mol. The molecule has 2 bridgehead atoms. The van der Waals surface area contributed by atoms with Crippen LogP contribution in [-0.4, -0.2) is 61.2 Å². The van der Waals surface area contributed by atoms with Gasteiger partial charge in [0.15, 0.2) is 0 Å². The van der Waals surface area contributed by atoms with Crippen molar-refractivity contribution in [1.29, 1.82) is 0 Å². The van der Waals surface area contributed by atoms with Gasteiger partial charge in [0.25, 0.3) is 0 Å². The quantitative estimate of drug-likeness (QED) is 0.671. The van der Waals surface area contributed by atoms with E-state index in [0.717, 1.165) is 19.5 Å². The van der Waals surface area contributed by atoms with Crippen LogP contribution in [0.3, 0.4) is 0 Å². The molecule has 3 unspecified atom stereocenters. The Morgan fingerprint density at radius 1 is 1.18 bits per heavy atom. The lowest BCUT2D eigenvalue weighted by molar-refractivity contribution is -0.178. The van der Waals surface area contributed by atoms with Crippen molar-refractivity contribution in [1.82, 2.24) is 15.2 Å². The van der Waals surface area contributed by atoms with Gasteiger partial charge in [0, 0.05) is 61.5 Å². The fourth-order valence-electron chi connectivity index (χ4n) is 6.29. The maximum absolute atomic E-state index is 14.7. The second-order valence-corrected chi connectivity index (χ2v) is 10.4. The molecule has 0 spiro atoms. The van der Waals surface area contributed by atoms with E-state index in [9.17, 15) is 22.4 Å². The van der Waals surface area contributed by atoms with Gasteiger partial charge >= 0.3 is 6.18 Å². The minimum atomic E-state index is -4.41. The lowest BCUT2D eigenvalue weighted by atomic mass is 9.60. The lowest BCUT2D eigenvalue weighted by Crippen LogP contribution is -2.57. The Hall–Kier alpha value is -2.42. The standard InChI is InChI=1S/C25H30F4N4O/c1-14-21(26)9-22(19-4-3-5-30-24(14)19)33-12-17(25(27,28)29)7-18(13-33)31-23(34)8-20-15-6-16(20)11-32(2)10-15/h3-5,9,15-18,20H,6-8,10-13H2,1-2H3,(H,31,34)/t15?,16?,17?,18-,20?/m1/s1. The predicted octanol–water partition coefficient (Wildman–Crippen LogP) is 4.14. The number of fused-ring (bicyclic) bond motifs is 3. The molecule has 1 amide bonds. The molecule has 1 aromatic carbocycles. The van der Waals surface area contributed by atoms with Crippen LogP contribution in [0.15, 0.2) is 24.4 Å². The maximum atomic E-state index is 14.7. The third-order valence-corrected chi connectivity index (χ3v) is 8.01. The Morgan fingerprint density at radius 3 is 2.62 bits per heavy atom. The third-order valence-electron chi connectivity index (χ3n) is 8.01. The molecular formula is C25H30F4N4O. The number of carbonyl (C=O) groups excluding carboxylic acids is 1. The molecule has 5 rings (SSSR count). The highest BCUT2D eigenvalue weighted by atomic mass is 19.4. The first kappa shape index (κ1) is 23.3. The van der Waals surface area contributed by atoms with E-state index in [1.54, 1.807) is 30.2 Å². The van der Waals surface area contributed by atoms with Crippen LogP contribution in [0.2, 0.25) is 0 Å². The Balaban J connectivity index is 1.36. The first-order valence-electron chi connectivity index (χ1n) is 11.9. The number of nitrogens with zero attached hydrogens (tertiary/aromatic N) is 3. The number of amides is 1. The number of benzene rings is 1. The van der Waals surface area contributed by atoms with Gasteiger partial charge in [-0.05, 0) is 62.8 Å². The molecule has 2 saturated heterocycles. The number of aromatic nitrogens is 1. The monoisotopic (exact) mass is 478 g/mol. The molecule has 2 aliphatic heterocycles. The van der Waals surface area contributed by atoms with E-state index < -0.39 is 24.0 Å². The summed E-state index contributed by atoms with van der Waals surface area (Å²) in [7, 11) is 2.08. The van der Waals surface area contributed by atoms with Gasteiger partial charge in [0.05, 0.1) is 11.4 Å². The summed E-state index contributed by atoms with van der Waals surface area (Å²) < 4.78 is 56.2. The van der Waals surface area contributed by atoms with Crippen molar-refractivity contribution >= 4 is 22.5 Å². The normalized spacial score (nSPS) is 29.7. The molecule has 1 aliphatic carbocycles. The molecule has 1 N–H and O–H groups in total. The highest BCUT2D eigenvalue weighted by Crippen LogP contribution is 2.47. The Kier molecular flexibility index (Phi) is 5.94. The molecule has 9 heteroatoms. The van der Waals surface area contributed by atoms with E-state index in [0.29, 0.717) is 46.3 Å². The third kappa shape index (κ3) is 4.34. The summed E-state index contributed by atoms with van der Waals surface area (Å²) >= 11 is 0. The van der Waals surface area contributed by atoms with Crippen LogP contribution in [0.1, 0.15) is 24.8 Å². The zero-order valence-corrected chi connectivity index (χ0v) is 19.4. The van der Waals surface area contributed by atoms with Crippen molar-refractivity contribution in [2.45, 2.75) is 38.4 Å². The van der Waals surface area contributed by atoms with Gasteiger partial charge in [0.1, 0.15) is 5.82 Å². The van der Waals surface area contributed by atoms with Gasteiger partial charge in [-0.1, -0.05) is 0 Å². The lowest BCUT2D eigenvalue weighted by Gasteiger charge is -2.53. The van der Waals surface area contributed by atoms with E-state index in [1.165, 1.54) is 6.07 Å². The molecule has 5 nitrogen and oxygen atoms in total. The van der Waals surface area contributed by atoms with Gasteiger partial charge in [-0.15, -0.1) is 0 Å². The first-order valence-corrected chi connectivity index (χ1v) is 11.9. The van der Waals surface area contributed by atoms with Gasteiger partial charge in [0.2, 0.25) is 5.91 Å². The van der Waals surface area contributed by atoms with Crippen LogP contribution in [0.4, 0.5) is 23.2 Å². The van der Waals surface area contributed by atoms with Gasteiger partial charge < -0.3 is 15.1 Å². The second-order valence-electron chi connectivity index (χ2n) is 10.4. The van der Waals surface area contributed by atoms with E-state index in [4.69, 9.17) is 0 Å². The Bertz CT molecular complexity index is 1080. The zero-order chi connectivity index (χ0) is 24.2. The number of likely N-dealkylation sites (tertiary alicyclic amines) is 1.